The highest BCUT2D eigenvalue weighted by molar-refractivity contribution is 6.00. The normalized spacial score (nSPS) is 11.3. The van der Waals surface area contributed by atoms with Crippen molar-refractivity contribution in [1.29, 1.82) is 0 Å². The van der Waals surface area contributed by atoms with Crippen LogP contribution in [0, 0.1) is 13.8 Å². The maximum Gasteiger partial charge on any atom is 0.135 e. The van der Waals surface area contributed by atoms with Gasteiger partial charge in [-0.2, -0.15) is 0 Å². The summed E-state index contributed by atoms with van der Waals surface area (Å²) in [4.78, 5) is 0. The van der Waals surface area contributed by atoms with E-state index in [1.54, 1.807) is 0 Å². The summed E-state index contributed by atoms with van der Waals surface area (Å²) in [6, 6.07) is 29.9. The highest BCUT2D eigenvalue weighted by Gasteiger charge is 2.15. The molecule has 0 fully saturated rings. The van der Waals surface area contributed by atoms with Crippen LogP contribution in [0.5, 0.6) is 0 Å². The largest absolute Gasteiger partial charge is 0.456 e. The lowest BCUT2D eigenvalue weighted by atomic mass is 9.92. The van der Waals surface area contributed by atoms with E-state index in [1.807, 2.05) is 18.2 Å². The Kier molecular flexibility index (Phi) is 3.61. The topological polar surface area (TPSA) is 13.1 Å². The van der Waals surface area contributed by atoms with Crippen LogP contribution in [-0.2, 0) is 0 Å². The molecule has 27 heavy (non-hydrogen) atoms. The van der Waals surface area contributed by atoms with E-state index in [0.717, 1.165) is 16.9 Å². The minimum absolute atomic E-state index is 0.914. The summed E-state index contributed by atoms with van der Waals surface area (Å²) < 4.78 is 6.24. The number of aryl methyl sites for hydroxylation is 1. The van der Waals surface area contributed by atoms with Gasteiger partial charge in [0.05, 0.1) is 0 Å². The number of fused-ring (bicyclic) bond motifs is 2. The SMILES string of the molecule is Cc1cc2oc(-c3ccccc3)cc2c(-c2ccc3ccccc3c2)c1C. The number of rotatable bonds is 2. The molecule has 130 valence electrons. The van der Waals surface area contributed by atoms with Crippen molar-refractivity contribution < 1.29 is 4.42 Å². The molecule has 1 heterocycles. The van der Waals surface area contributed by atoms with Crippen LogP contribution >= 0.6 is 0 Å². The van der Waals surface area contributed by atoms with E-state index < -0.39 is 0 Å². The molecule has 1 aromatic heterocycles. The van der Waals surface area contributed by atoms with Gasteiger partial charge < -0.3 is 4.42 Å². The van der Waals surface area contributed by atoms with E-state index >= 15 is 0 Å². The summed E-state index contributed by atoms with van der Waals surface area (Å²) in [6.45, 7) is 4.36. The molecule has 1 nitrogen and oxygen atoms in total. The standard InChI is InChI=1S/C26H20O/c1-17-14-25-23(16-24(27-25)20-9-4-3-5-10-20)26(18(17)2)22-13-12-19-8-6-7-11-21(19)15-22/h3-16H,1-2H3. The predicted octanol–water partition coefficient (Wildman–Crippen LogP) is 7.54. The number of benzene rings is 4. The van der Waals surface area contributed by atoms with Crippen LogP contribution < -0.4 is 0 Å². The van der Waals surface area contributed by atoms with E-state index in [1.165, 1.54) is 38.4 Å². The van der Waals surface area contributed by atoms with E-state index in [0.29, 0.717) is 0 Å². The second-order valence-electron chi connectivity index (χ2n) is 7.14. The Labute approximate surface area is 158 Å². The third-order valence-electron chi connectivity index (χ3n) is 5.44. The first-order chi connectivity index (χ1) is 13.2. The zero-order valence-corrected chi connectivity index (χ0v) is 15.5. The first kappa shape index (κ1) is 15.9. The fourth-order valence-electron chi connectivity index (χ4n) is 3.87. The highest BCUT2D eigenvalue weighted by Crippen LogP contribution is 2.39. The number of hydrogen-bond acceptors (Lipinski definition) is 1. The van der Waals surface area contributed by atoms with Gasteiger partial charge in [0.25, 0.3) is 0 Å². The summed E-state index contributed by atoms with van der Waals surface area (Å²) in [5, 5.41) is 3.70. The van der Waals surface area contributed by atoms with Gasteiger partial charge in [0.15, 0.2) is 0 Å². The van der Waals surface area contributed by atoms with Crippen molar-refractivity contribution in [2.45, 2.75) is 13.8 Å². The summed E-state index contributed by atoms with van der Waals surface area (Å²) in [6.07, 6.45) is 0. The van der Waals surface area contributed by atoms with Crippen molar-refractivity contribution in [2.24, 2.45) is 0 Å². The van der Waals surface area contributed by atoms with Gasteiger partial charge in [-0.15, -0.1) is 0 Å². The Bertz CT molecular complexity index is 1280. The molecule has 0 amide bonds. The Morgan fingerprint density at radius 2 is 1.37 bits per heavy atom. The van der Waals surface area contributed by atoms with Crippen molar-refractivity contribution >= 4 is 21.7 Å². The van der Waals surface area contributed by atoms with E-state index in [9.17, 15) is 0 Å². The Morgan fingerprint density at radius 3 is 2.19 bits per heavy atom. The van der Waals surface area contributed by atoms with Crippen LogP contribution in [0.25, 0.3) is 44.2 Å². The smallest absolute Gasteiger partial charge is 0.135 e. The van der Waals surface area contributed by atoms with Gasteiger partial charge >= 0.3 is 0 Å². The quantitative estimate of drug-likeness (QED) is 0.321. The lowest BCUT2D eigenvalue weighted by molar-refractivity contribution is 0.631. The zero-order valence-electron chi connectivity index (χ0n) is 15.5. The Hall–Kier alpha value is -3.32. The van der Waals surface area contributed by atoms with Gasteiger partial charge in [0.2, 0.25) is 0 Å². The van der Waals surface area contributed by atoms with Crippen LogP contribution in [0.15, 0.2) is 89.3 Å². The van der Waals surface area contributed by atoms with E-state index in [4.69, 9.17) is 4.42 Å². The van der Waals surface area contributed by atoms with Crippen molar-refractivity contribution in [2.75, 3.05) is 0 Å². The molecule has 0 bridgehead atoms. The monoisotopic (exact) mass is 348 g/mol. The zero-order chi connectivity index (χ0) is 18.4. The fourth-order valence-corrected chi connectivity index (χ4v) is 3.87. The van der Waals surface area contributed by atoms with E-state index in [2.05, 4.69) is 80.6 Å². The summed E-state index contributed by atoms with van der Waals surface area (Å²) in [5.41, 5.74) is 7.10. The molecule has 0 N–H and O–H groups in total. The maximum atomic E-state index is 6.24. The van der Waals surface area contributed by atoms with Crippen LogP contribution in [0.2, 0.25) is 0 Å². The van der Waals surface area contributed by atoms with Crippen LogP contribution in [0.1, 0.15) is 11.1 Å². The lowest BCUT2D eigenvalue weighted by Gasteiger charge is -2.11. The molecule has 0 spiro atoms. The molecule has 1 heteroatoms. The molecule has 0 aliphatic carbocycles. The average molecular weight is 348 g/mol. The maximum absolute atomic E-state index is 6.24. The molecule has 5 rings (SSSR count). The Morgan fingerprint density at radius 1 is 0.630 bits per heavy atom. The summed E-state index contributed by atoms with van der Waals surface area (Å²) in [5.74, 6) is 0.914. The summed E-state index contributed by atoms with van der Waals surface area (Å²) >= 11 is 0. The third kappa shape index (κ3) is 2.63. The average Bonchev–Trinajstić information content (AvgIpc) is 3.12. The van der Waals surface area contributed by atoms with Gasteiger partial charge in [-0.3, -0.25) is 0 Å². The number of furan rings is 1. The van der Waals surface area contributed by atoms with Gasteiger partial charge in [-0.05, 0) is 65.1 Å². The third-order valence-corrected chi connectivity index (χ3v) is 5.44. The second kappa shape index (κ2) is 6.14. The number of hydrogen-bond donors (Lipinski definition) is 0. The molecule has 0 unspecified atom stereocenters. The summed E-state index contributed by atoms with van der Waals surface area (Å²) in [7, 11) is 0. The molecular weight excluding hydrogens is 328 g/mol. The predicted molar refractivity (Wildman–Crippen MR) is 114 cm³/mol. The first-order valence-electron chi connectivity index (χ1n) is 9.29. The van der Waals surface area contributed by atoms with Crippen LogP contribution in [0.3, 0.4) is 0 Å². The molecular formula is C26H20O. The Balaban J connectivity index is 1.79. The lowest BCUT2D eigenvalue weighted by Crippen LogP contribution is -1.89. The van der Waals surface area contributed by atoms with Crippen molar-refractivity contribution in [1.82, 2.24) is 0 Å². The molecule has 0 radical (unpaired) electrons. The van der Waals surface area contributed by atoms with Crippen molar-refractivity contribution in [3.8, 4) is 22.5 Å². The molecule has 5 aromatic rings. The van der Waals surface area contributed by atoms with Crippen molar-refractivity contribution in [3.63, 3.8) is 0 Å². The molecule has 0 aliphatic heterocycles. The first-order valence-corrected chi connectivity index (χ1v) is 9.29. The van der Waals surface area contributed by atoms with Gasteiger partial charge in [0, 0.05) is 10.9 Å². The highest BCUT2D eigenvalue weighted by atomic mass is 16.3. The van der Waals surface area contributed by atoms with Crippen LogP contribution in [0.4, 0.5) is 0 Å². The molecule has 0 aliphatic rings. The molecule has 0 saturated carbocycles. The van der Waals surface area contributed by atoms with Gasteiger partial charge in [0.1, 0.15) is 11.3 Å². The minimum atomic E-state index is 0.914. The second-order valence-corrected chi connectivity index (χ2v) is 7.14. The molecule has 0 atom stereocenters. The van der Waals surface area contributed by atoms with Gasteiger partial charge in [-0.1, -0.05) is 66.7 Å². The van der Waals surface area contributed by atoms with Crippen LogP contribution in [-0.4, -0.2) is 0 Å². The van der Waals surface area contributed by atoms with E-state index in [-0.39, 0.29) is 0 Å². The fraction of sp³-hybridized carbons (Fsp3) is 0.0769. The molecule has 0 saturated heterocycles. The molecule has 4 aromatic carbocycles. The van der Waals surface area contributed by atoms with Gasteiger partial charge in [-0.25, -0.2) is 0 Å². The van der Waals surface area contributed by atoms with Crippen molar-refractivity contribution in [3.05, 3.63) is 96.1 Å². The minimum Gasteiger partial charge on any atom is -0.456 e.